The van der Waals surface area contributed by atoms with Crippen molar-refractivity contribution in [3.63, 3.8) is 0 Å². The Morgan fingerprint density at radius 1 is 0.816 bits per heavy atom. The predicted octanol–water partition coefficient (Wildman–Crippen LogP) is 6.99. The van der Waals surface area contributed by atoms with Crippen molar-refractivity contribution in [2.45, 2.75) is 51.1 Å². The van der Waals surface area contributed by atoms with Crippen LogP contribution in [0.2, 0.25) is 10.0 Å². The van der Waals surface area contributed by atoms with Crippen molar-refractivity contribution >= 4 is 50.7 Å². The zero-order valence-electron chi connectivity index (χ0n) is 28.2. The number of nitrogens with one attached hydrogen (secondary N) is 1. The average Bonchev–Trinajstić information content (AvgIpc) is 3.08. The van der Waals surface area contributed by atoms with Gasteiger partial charge in [0.25, 0.3) is 10.0 Å². The monoisotopic (exact) mass is 725 g/mol. The third kappa shape index (κ3) is 9.47. The fourth-order valence-electron chi connectivity index (χ4n) is 5.48. The van der Waals surface area contributed by atoms with E-state index in [1.165, 1.54) is 37.3 Å². The Balaban J connectivity index is 1.86. The number of ether oxygens (including phenoxy) is 2. The lowest BCUT2D eigenvalue weighted by Gasteiger charge is -2.34. The van der Waals surface area contributed by atoms with E-state index in [1.807, 2.05) is 57.2 Å². The number of methoxy groups -OCH3 is 2. The van der Waals surface area contributed by atoms with Crippen LogP contribution in [-0.4, -0.2) is 58.5 Å². The highest BCUT2D eigenvalue weighted by molar-refractivity contribution is 7.92. The summed E-state index contributed by atoms with van der Waals surface area (Å²) in [6, 6.07) is 22.9. The number of hydrogen-bond donors (Lipinski definition) is 1. The second-order valence-corrected chi connectivity index (χ2v) is 14.3. The molecule has 0 spiro atoms. The molecule has 2 amide bonds. The summed E-state index contributed by atoms with van der Waals surface area (Å²) >= 11 is 12.6. The number of sulfonamides is 1. The van der Waals surface area contributed by atoms with Gasteiger partial charge in [-0.1, -0.05) is 72.6 Å². The normalized spacial score (nSPS) is 11.8. The highest BCUT2D eigenvalue weighted by atomic mass is 35.5. The van der Waals surface area contributed by atoms with Crippen LogP contribution in [0.3, 0.4) is 0 Å². The van der Waals surface area contributed by atoms with E-state index >= 15 is 0 Å². The van der Waals surface area contributed by atoms with Gasteiger partial charge in [0.15, 0.2) is 11.5 Å². The minimum absolute atomic E-state index is 0.0378. The summed E-state index contributed by atoms with van der Waals surface area (Å²) in [4.78, 5) is 29.9. The Kier molecular flexibility index (Phi) is 13.0. The van der Waals surface area contributed by atoms with Crippen LogP contribution in [0, 0.1) is 13.8 Å². The van der Waals surface area contributed by atoms with E-state index in [2.05, 4.69) is 5.32 Å². The molecule has 0 aliphatic carbocycles. The molecule has 9 nitrogen and oxygen atoms in total. The van der Waals surface area contributed by atoms with E-state index in [9.17, 15) is 18.0 Å². The topological polar surface area (TPSA) is 105 Å². The Labute approximate surface area is 298 Å². The molecule has 12 heteroatoms. The zero-order chi connectivity index (χ0) is 35.7. The van der Waals surface area contributed by atoms with Gasteiger partial charge in [-0.05, 0) is 78.9 Å². The van der Waals surface area contributed by atoms with Crippen molar-refractivity contribution in [1.82, 2.24) is 10.2 Å². The number of halogens is 2. The van der Waals surface area contributed by atoms with E-state index in [4.69, 9.17) is 32.7 Å². The Morgan fingerprint density at radius 2 is 1.49 bits per heavy atom. The van der Waals surface area contributed by atoms with Crippen molar-refractivity contribution in [1.29, 1.82) is 0 Å². The number of anilines is 1. The second kappa shape index (κ2) is 16.9. The predicted molar refractivity (Wildman–Crippen MR) is 194 cm³/mol. The van der Waals surface area contributed by atoms with Crippen LogP contribution < -0.4 is 19.1 Å². The first-order valence-electron chi connectivity index (χ1n) is 15.8. The lowest BCUT2D eigenvalue weighted by Crippen LogP contribution is -2.53. The number of aryl methyl sites for hydroxylation is 2. The number of hydrogen-bond acceptors (Lipinski definition) is 6. The number of carbonyl (C=O) groups is 2. The Hall–Kier alpha value is -4.25. The molecule has 0 saturated carbocycles. The van der Waals surface area contributed by atoms with Crippen LogP contribution in [0.1, 0.15) is 35.6 Å². The summed E-state index contributed by atoms with van der Waals surface area (Å²) < 4.78 is 40.8. The minimum atomic E-state index is -4.37. The molecule has 1 atom stereocenters. The molecular formula is C37H41Cl2N3O6S. The molecule has 0 aliphatic heterocycles. The third-order valence-electron chi connectivity index (χ3n) is 7.87. The fraction of sp³-hybridized carbons (Fsp3) is 0.297. The summed E-state index contributed by atoms with van der Waals surface area (Å²) in [5, 5.41) is 3.56. The molecule has 49 heavy (non-hydrogen) atoms. The third-order valence-corrected chi connectivity index (χ3v) is 10.4. The first kappa shape index (κ1) is 37.6. The van der Waals surface area contributed by atoms with Gasteiger partial charge in [-0.15, -0.1) is 0 Å². The highest BCUT2D eigenvalue weighted by Gasteiger charge is 2.35. The number of amides is 2. The van der Waals surface area contributed by atoms with Crippen molar-refractivity contribution in [3.05, 3.63) is 117 Å². The van der Waals surface area contributed by atoms with Gasteiger partial charge in [0.1, 0.15) is 12.6 Å². The molecule has 0 aromatic heterocycles. The van der Waals surface area contributed by atoms with Gasteiger partial charge in [-0.25, -0.2) is 8.42 Å². The first-order valence-corrected chi connectivity index (χ1v) is 18.0. The Bertz CT molecular complexity index is 1870. The van der Waals surface area contributed by atoms with Crippen LogP contribution in [0.15, 0.2) is 89.8 Å². The van der Waals surface area contributed by atoms with E-state index in [0.29, 0.717) is 35.0 Å². The lowest BCUT2D eigenvalue weighted by atomic mass is 10.0. The number of benzene rings is 4. The van der Waals surface area contributed by atoms with E-state index in [0.717, 1.165) is 21.0 Å². The van der Waals surface area contributed by atoms with Gasteiger partial charge in [0.2, 0.25) is 11.8 Å². The summed E-state index contributed by atoms with van der Waals surface area (Å²) in [5.74, 6) is -0.390. The maximum absolute atomic E-state index is 14.7. The van der Waals surface area contributed by atoms with Crippen molar-refractivity contribution in [2.24, 2.45) is 0 Å². The largest absolute Gasteiger partial charge is 0.493 e. The quantitative estimate of drug-likeness (QED) is 0.142. The standard InChI is InChI=1S/C37H41Cl2N3O6S/c1-6-16-40-37(44)33(21-27-10-8-7-9-11-27)41(23-28-12-14-31(38)32(39)20-28)36(43)24-42(29-18-25(2)17-26(3)19-29)49(45,46)30-13-15-34(47-4)35(22-30)48-5/h7-15,17-20,22,33H,6,16,21,23-24H2,1-5H3,(H,40,44)/t33-/m0/s1. The van der Waals surface area contributed by atoms with E-state index in [-0.39, 0.29) is 34.5 Å². The van der Waals surface area contributed by atoms with E-state index in [1.54, 1.807) is 30.3 Å². The zero-order valence-corrected chi connectivity index (χ0v) is 30.5. The van der Waals surface area contributed by atoms with Gasteiger partial charge >= 0.3 is 0 Å². The van der Waals surface area contributed by atoms with Crippen molar-refractivity contribution in [3.8, 4) is 11.5 Å². The van der Waals surface area contributed by atoms with Gasteiger partial charge in [0, 0.05) is 25.6 Å². The maximum Gasteiger partial charge on any atom is 0.264 e. The number of carbonyl (C=O) groups excluding carboxylic acids is 2. The molecule has 4 aromatic rings. The summed E-state index contributed by atoms with van der Waals surface area (Å²) in [7, 11) is -1.50. The lowest BCUT2D eigenvalue weighted by molar-refractivity contribution is -0.140. The van der Waals surface area contributed by atoms with Crippen molar-refractivity contribution in [2.75, 3.05) is 31.6 Å². The maximum atomic E-state index is 14.7. The molecule has 0 fully saturated rings. The molecule has 4 rings (SSSR count). The van der Waals surface area contributed by atoms with Crippen LogP contribution in [0.4, 0.5) is 5.69 Å². The fourth-order valence-corrected chi connectivity index (χ4v) is 7.22. The summed E-state index contributed by atoms with van der Waals surface area (Å²) in [5.41, 5.74) is 3.36. The molecule has 0 saturated heterocycles. The molecule has 260 valence electrons. The molecule has 1 N–H and O–H groups in total. The van der Waals surface area contributed by atoms with Crippen LogP contribution in [0.25, 0.3) is 0 Å². The van der Waals surface area contributed by atoms with Crippen molar-refractivity contribution < 1.29 is 27.5 Å². The molecular weight excluding hydrogens is 685 g/mol. The van der Waals surface area contributed by atoms with Crippen LogP contribution >= 0.6 is 23.2 Å². The molecule has 0 unspecified atom stereocenters. The van der Waals surface area contributed by atoms with Crippen LogP contribution in [0.5, 0.6) is 11.5 Å². The molecule has 0 heterocycles. The second-order valence-electron chi connectivity index (χ2n) is 11.6. The Morgan fingerprint density at radius 3 is 2.10 bits per heavy atom. The average molecular weight is 727 g/mol. The highest BCUT2D eigenvalue weighted by Crippen LogP contribution is 2.33. The van der Waals surface area contributed by atoms with Crippen LogP contribution in [-0.2, 0) is 32.6 Å². The van der Waals surface area contributed by atoms with E-state index < -0.39 is 28.5 Å². The van der Waals surface area contributed by atoms with Gasteiger partial charge in [-0.2, -0.15) is 0 Å². The molecule has 0 radical (unpaired) electrons. The molecule has 4 aromatic carbocycles. The van der Waals surface area contributed by atoms with Gasteiger partial charge < -0.3 is 19.7 Å². The first-order chi connectivity index (χ1) is 23.4. The summed E-state index contributed by atoms with van der Waals surface area (Å²) in [6.07, 6.45) is 0.879. The molecule has 0 bridgehead atoms. The minimum Gasteiger partial charge on any atom is -0.493 e. The van der Waals surface area contributed by atoms with Gasteiger partial charge in [0.05, 0.1) is 34.8 Å². The molecule has 0 aliphatic rings. The number of nitrogens with zero attached hydrogens (tertiary/aromatic N) is 2. The SMILES string of the molecule is CCCNC(=O)[C@H](Cc1ccccc1)N(Cc1ccc(Cl)c(Cl)c1)C(=O)CN(c1cc(C)cc(C)c1)S(=O)(=O)c1ccc(OC)c(OC)c1. The summed E-state index contributed by atoms with van der Waals surface area (Å²) in [6.45, 7) is 5.40. The smallest absolute Gasteiger partial charge is 0.264 e. The van der Waals surface area contributed by atoms with Gasteiger partial charge in [-0.3, -0.25) is 13.9 Å². The number of rotatable bonds is 15.